The number of carboxylic acid groups (broad SMARTS) is 5. The predicted molar refractivity (Wildman–Crippen MR) is 496 cm³/mol. The van der Waals surface area contributed by atoms with Gasteiger partial charge in [-0.3, -0.25) is 71.9 Å². The van der Waals surface area contributed by atoms with E-state index >= 15 is 0 Å². The van der Waals surface area contributed by atoms with Gasteiger partial charge in [0.1, 0.15) is 103 Å². The van der Waals surface area contributed by atoms with E-state index in [0.717, 1.165) is 0 Å². The van der Waals surface area contributed by atoms with Gasteiger partial charge in [-0.1, -0.05) is 37.2 Å². The van der Waals surface area contributed by atoms with Crippen molar-refractivity contribution in [1.29, 1.82) is 0 Å². The number of nitrogen functional groups attached to an aromatic ring is 2. The summed E-state index contributed by atoms with van der Waals surface area (Å²) in [4.78, 5) is 208. The molecule has 138 heavy (non-hydrogen) atoms. The molecule has 5 aromatic carbocycles. The van der Waals surface area contributed by atoms with Gasteiger partial charge in [-0.15, -0.1) is 5.10 Å². The summed E-state index contributed by atoms with van der Waals surface area (Å²) in [6.45, 7) is -0.0343. The lowest BCUT2D eigenvalue weighted by Gasteiger charge is -2.26. The number of carbonyl (C=O) groups is 5. The minimum atomic E-state index is -1.64. The third-order valence-electron chi connectivity index (χ3n) is 25.2. The Morgan fingerprint density at radius 3 is 0.964 bits per heavy atom. The predicted octanol–water partition coefficient (Wildman–Crippen LogP) is -10.9. The van der Waals surface area contributed by atoms with Gasteiger partial charge in [0.25, 0.3) is 60.2 Å². The van der Waals surface area contributed by atoms with Gasteiger partial charge in [-0.2, -0.15) is 15.3 Å². The van der Waals surface area contributed by atoms with Gasteiger partial charge in [0.05, 0.1) is 12.0 Å². The number of nitrogens with one attached hydrogen (secondary N) is 9. The Morgan fingerprint density at radius 1 is 0.399 bits per heavy atom. The van der Waals surface area contributed by atoms with Crippen molar-refractivity contribution in [3.8, 4) is 0 Å². The maximum absolute atomic E-state index is 12.2. The van der Waals surface area contributed by atoms with Crippen LogP contribution in [-0.2, 0) is 24.0 Å². The van der Waals surface area contributed by atoms with E-state index in [-0.39, 0.29) is 183 Å². The van der Waals surface area contributed by atoms with Crippen molar-refractivity contribution in [2.24, 2.45) is 58.3 Å². The van der Waals surface area contributed by atoms with Gasteiger partial charge >= 0.3 is 65.4 Å². The van der Waals surface area contributed by atoms with E-state index in [1.54, 1.807) is 18.3 Å². The van der Waals surface area contributed by atoms with Gasteiger partial charge in [0.15, 0.2) is 5.82 Å². The van der Waals surface area contributed by atoms with Gasteiger partial charge in [0, 0.05) is 114 Å². The van der Waals surface area contributed by atoms with Crippen LogP contribution in [0.3, 0.4) is 0 Å². The number of imidazole rings is 1. The first-order chi connectivity index (χ1) is 65.0. The van der Waals surface area contributed by atoms with Crippen LogP contribution < -0.4 is 146 Å². The fourth-order valence-corrected chi connectivity index (χ4v) is 17.5. The Hall–Kier alpha value is -14.1. The molecule has 736 valence electrons. The maximum atomic E-state index is 12.2. The van der Waals surface area contributed by atoms with Crippen molar-refractivity contribution in [1.82, 2.24) is 60.7 Å². The summed E-state index contributed by atoms with van der Waals surface area (Å²) < 4.78 is 0. The van der Waals surface area contributed by atoms with E-state index < -0.39 is 177 Å². The molecular weight excluding hydrogens is 1830 g/mol. The molecule has 0 spiro atoms. The Kier molecular flexibility index (Phi) is 32.5. The molecule has 0 bridgehead atoms. The summed E-state index contributed by atoms with van der Waals surface area (Å²) in [5, 5.41) is 170. The number of rotatable bonds is 40. The van der Waals surface area contributed by atoms with Crippen molar-refractivity contribution in [3.05, 3.63) is 146 Å². The fraction of sp³-hybridized carbons (Fsp3) is 0.473. The van der Waals surface area contributed by atoms with Crippen molar-refractivity contribution < 1.29 is 99.7 Å². The second-order valence-corrected chi connectivity index (χ2v) is 34.3. The zero-order chi connectivity index (χ0) is 101. The number of anilines is 17. The molecule has 5 saturated heterocycles. The van der Waals surface area contributed by atoms with Gasteiger partial charge in [0.2, 0.25) is 11.9 Å². The fourth-order valence-electron chi connectivity index (χ4n) is 17.5. The molecule has 0 amide bonds. The maximum Gasteiger partial charge on any atom is 0.451 e. The number of hydrogen-bond donors (Lipinski definition) is 31. The summed E-state index contributed by atoms with van der Waals surface area (Å²) in [5.41, 5.74) is 27.2. The lowest BCUT2D eigenvalue weighted by molar-refractivity contribution is -0.145. The molecule has 15 rings (SSSR count). The van der Waals surface area contributed by atoms with E-state index in [0.29, 0.717) is 75.7 Å². The van der Waals surface area contributed by atoms with Crippen molar-refractivity contribution >= 4 is 163 Å². The van der Waals surface area contributed by atoms with Crippen LogP contribution in [-0.4, -0.2) is 295 Å². The number of aliphatic carboxylic acids is 5. The Labute approximate surface area is 776 Å². The second-order valence-electron chi connectivity index (χ2n) is 34.3. The average Bonchev–Trinajstić information content (AvgIpc) is 1.57. The molecule has 59 nitrogen and oxygen atoms in total. The van der Waals surface area contributed by atoms with E-state index in [2.05, 4.69) is 87.3 Å². The summed E-state index contributed by atoms with van der Waals surface area (Å²) in [6.07, 6.45) is 10.9. The molecule has 38 N–H and O–H groups in total. The zero-order valence-corrected chi connectivity index (χ0v) is 73.2. The van der Waals surface area contributed by atoms with Crippen LogP contribution in [0.2, 0.25) is 31.6 Å². The summed E-state index contributed by atoms with van der Waals surface area (Å²) in [5.74, 6) is -7.77. The third kappa shape index (κ3) is 22.2. The van der Waals surface area contributed by atoms with E-state index in [1.165, 1.54) is 49.5 Å². The van der Waals surface area contributed by atoms with E-state index in [9.17, 15) is 97.5 Å². The smallest absolute Gasteiger partial charge is 0.451 e. The van der Waals surface area contributed by atoms with Crippen molar-refractivity contribution in [2.45, 2.75) is 124 Å². The molecule has 10 aromatic rings. The number of tetrazole rings is 1. The second kappa shape index (κ2) is 43.0. The van der Waals surface area contributed by atoms with Crippen LogP contribution in [0.15, 0.2) is 91.3 Å². The highest BCUT2D eigenvalue weighted by molar-refractivity contribution is 6.42. The van der Waals surface area contributed by atoms with Gasteiger partial charge in [-0.05, 0) is 81.1 Å². The molecule has 10 heterocycles. The molecule has 5 aliphatic heterocycles. The number of carboxylic acids is 5. The normalized spacial score (nSPS) is 22.1. The van der Waals surface area contributed by atoms with Crippen LogP contribution in [0.4, 0.5) is 97.9 Å². The molecule has 0 radical (unpaired) electrons. The number of H-pyrrole nitrogens is 4. The number of hydrogen-bond acceptors (Lipinski definition) is 50. The zero-order valence-electron chi connectivity index (χ0n) is 73.2. The number of aromatic nitrogens is 12. The Morgan fingerprint density at radius 2 is 0.703 bits per heavy atom. The minimum absolute atomic E-state index is 0.00623. The largest absolute Gasteiger partial charge is 0.480 e. The highest BCUT2D eigenvalue weighted by Gasteiger charge is 2.57. The lowest BCUT2D eigenvalue weighted by Crippen LogP contribution is -2.55. The molecule has 0 aliphatic carbocycles. The molecule has 5 aromatic heterocycles. The first-order valence-corrected chi connectivity index (χ1v) is 42.8. The molecule has 0 unspecified atom stereocenters. The number of nitrogens with zero attached hydrogens (tertiary/aromatic N) is 13. The SMILES string of the molecule is N[C@@]1(C(=O)O)CN(c2c(Nc3ncccn3)c(=O)c2=O)C[C@@H]1CCCB(O)O.N[C@@]1(C(=O)O)CN(c2c(Nc3ncn[nH]3)c(=O)c2=O)C[C@@H]1CCCB(O)O.N[C@@]1(C(=O)O)CN(c2c(Nc3nn[nH]n3)c(=O)c2=O)C[C@@H]1CCCB(O)O.Nc1[nH]cnc1Nc1c(N2C[C@H](CCCB(O)O)[C@](N)(C(=O)O)C2)c(=O)c1=O.Nc1cc[nH]c1Nc1c(N2C[C@H](CCCB(O)O)[C@](N)(C(=O)O)C2)c(=O)c1=O. The molecule has 0 saturated carbocycles. The van der Waals surface area contributed by atoms with Gasteiger partial charge < -0.3 is 177 Å². The van der Waals surface area contributed by atoms with Crippen molar-refractivity contribution in [2.75, 3.05) is 128 Å². The lowest BCUT2D eigenvalue weighted by atomic mass is 9.78. The quantitative estimate of drug-likeness (QED) is 0.0125. The van der Waals surface area contributed by atoms with Crippen LogP contribution >= 0.6 is 0 Å². The molecule has 5 aliphatic rings. The Bertz CT molecular complexity index is 6080. The number of nitrogens with two attached hydrogens (primary N) is 7. The standard InChI is InChI=1S/C16H20BN5O6.C16H22BN5O6.C15H21BN6O6.C14H19BN6O6.C13H18BN7O6/c18-16(14(25)26)8-22(7-9(16)3-1-4-17(27)28)11-10(12(23)13(11)24)21-15-19-5-2-6-20-15;18-9-3-5-20-14(9)21-10-11(13(24)12(10)23)22-6-8(2-1-4-17(27)28)16(19,7-22)15(25)26;17-12-13(20-6-19-12)21-8-9(11(24)10(8)23)22-4-7(2-1-3-16(27)28)15(18,5-22)14(25)26;16-14(12(24)25)5-21(4-7(14)2-1-3-15(26)27)9-8(10(22)11(9)23)19-13-17-6-18-20-13;15-13(11(24)25)5-21(4-6(13)2-1-3-14(26)27)8-7(9(22)10(8)23)16-12-17-19-20-18-12/h2,5-6,9,27-28H,1,3-4,7-8,18H2,(H,25,26)(H,19,20,21);3,5,8,20-21,27-28H,1-2,4,6-7,18-19H2,(H,25,26);6-7,21,27-28H,1-5,17-18H2,(H,19,20)(H,25,26);6-7,26-27H,1-5,16H2,(H,24,25)(H2,17,18,19,20);6,26-27H,1-5,15H2,(H,24,25)(H2,16,17,18,19,20)/t9-,16-;8-,16-;7-,15-;7-,14-;6-,13-/m00000/s1. The molecule has 64 heteroatoms. The summed E-state index contributed by atoms with van der Waals surface area (Å²) >= 11 is 0. The summed E-state index contributed by atoms with van der Waals surface area (Å²) in [6, 6.07) is 3.18. The number of aromatic amines is 4. The Balaban J connectivity index is 0.000000165. The average molecular weight is 1930 g/mol. The van der Waals surface area contributed by atoms with Crippen LogP contribution in [0, 0.1) is 29.6 Å². The van der Waals surface area contributed by atoms with E-state index in [4.69, 9.17) is 90.4 Å². The molecule has 5 fully saturated rings. The topological polar surface area (TPSA) is 984 Å². The highest BCUT2D eigenvalue weighted by atomic mass is 16.4. The highest BCUT2D eigenvalue weighted by Crippen LogP contribution is 2.42. The van der Waals surface area contributed by atoms with Crippen LogP contribution in [0.1, 0.15) is 64.2 Å². The molecule has 10 atom stereocenters. The summed E-state index contributed by atoms with van der Waals surface area (Å²) in [7, 11) is -7.42. The van der Waals surface area contributed by atoms with E-state index in [1.807, 2.05) is 0 Å². The first-order valence-electron chi connectivity index (χ1n) is 42.8. The van der Waals surface area contributed by atoms with Gasteiger partial charge in [-0.25, -0.2) is 20.1 Å². The van der Waals surface area contributed by atoms with Crippen LogP contribution in [0.5, 0.6) is 0 Å². The third-order valence-corrected chi connectivity index (χ3v) is 25.2. The van der Waals surface area contributed by atoms with Crippen LogP contribution in [0.25, 0.3) is 0 Å². The molecular formula is C74H100B5N29O30. The monoisotopic (exact) mass is 1930 g/mol. The first kappa shape index (κ1) is 104. The minimum Gasteiger partial charge on any atom is -0.480 e. The van der Waals surface area contributed by atoms with Crippen molar-refractivity contribution in [3.63, 3.8) is 0 Å².